The topological polar surface area (TPSA) is 74.0 Å². The van der Waals surface area contributed by atoms with Crippen LogP contribution in [0.15, 0.2) is 42.7 Å². The second-order valence-corrected chi connectivity index (χ2v) is 5.44. The maximum Gasteiger partial charge on any atom is 0.272 e. The van der Waals surface area contributed by atoms with E-state index in [1.54, 1.807) is 28.7 Å². The second kappa shape index (κ2) is 6.57. The van der Waals surface area contributed by atoms with E-state index < -0.39 is 0 Å². The van der Waals surface area contributed by atoms with Gasteiger partial charge in [-0.25, -0.2) is 4.68 Å². The molecule has 7 nitrogen and oxygen atoms in total. The van der Waals surface area contributed by atoms with Crippen LogP contribution in [0.3, 0.4) is 0 Å². The highest BCUT2D eigenvalue weighted by molar-refractivity contribution is 5.92. The first-order valence-electron chi connectivity index (χ1n) is 7.54. The molecule has 0 radical (unpaired) electrons. The molecule has 1 amide bonds. The highest BCUT2D eigenvalue weighted by atomic mass is 16.5. The fourth-order valence-electron chi connectivity index (χ4n) is 2.35. The summed E-state index contributed by atoms with van der Waals surface area (Å²) >= 11 is 0. The van der Waals surface area contributed by atoms with Gasteiger partial charge in [-0.2, -0.15) is 10.2 Å². The van der Waals surface area contributed by atoms with E-state index in [9.17, 15) is 4.79 Å². The van der Waals surface area contributed by atoms with Crippen molar-refractivity contribution >= 4 is 5.91 Å². The number of nitrogens with zero attached hydrogens (tertiary/aromatic N) is 4. The van der Waals surface area contributed by atoms with Gasteiger partial charge >= 0.3 is 0 Å². The number of aryl methyl sites for hydroxylation is 2. The number of amides is 1. The summed E-state index contributed by atoms with van der Waals surface area (Å²) in [6.07, 6.45) is 3.58. The van der Waals surface area contributed by atoms with Crippen LogP contribution < -0.4 is 10.1 Å². The van der Waals surface area contributed by atoms with Crippen molar-refractivity contribution in [3.05, 3.63) is 59.7 Å². The van der Waals surface area contributed by atoms with Crippen molar-refractivity contribution in [2.24, 2.45) is 7.05 Å². The van der Waals surface area contributed by atoms with Gasteiger partial charge in [-0.1, -0.05) is 12.1 Å². The van der Waals surface area contributed by atoms with E-state index >= 15 is 0 Å². The van der Waals surface area contributed by atoms with Gasteiger partial charge in [0.2, 0.25) is 0 Å². The van der Waals surface area contributed by atoms with Gasteiger partial charge < -0.3 is 10.1 Å². The standard InChI is InChI=1S/C17H19N5O2/c1-12-8-14(20-21(12)2)17(23)18-9-13-10-19-22(11-13)15-6-4-5-7-16(15)24-3/h4-8,10-11H,9H2,1-3H3,(H,18,23). The van der Waals surface area contributed by atoms with Crippen LogP contribution in [-0.2, 0) is 13.6 Å². The summed E-state index contributed by atoms with van der Waals surface area (Å²) in [5.74, 6) is 0.531. The second-order valence-electron chi connectivity index (χ2n) is 5.44. The maximum absolute atomic E-state index is 12.1. The van der Waals surface area contributed by atoms with E-state index in [2.05, 4.69) is 15.5 Å². The first-order chi connectivity index (χ1) is 11.6. The van der Waals surface area contributed by atoms with Crippen molar-refractivity contribution in [3.63, 3.8) is 0 Å². The first kappa shape index (κ1) is 15.8. The van der Waals surface area contributed by atoms with E-state index in [-0.39, 0.29) is 5.91 Å². The number of hydrogen-bond acceptors (Lipinski definition) is 4. The van der Waals surface area contributed by atoms with Crippen LogP contribution in [0.5, 0.6) is 5.75 Å². The number of benzene rings is 1. The van der Waals surface area contributed by atoms with Gasteiger partial charge in [0.15, 0.2) is 0 Å². The van der Waals surface area contributed by atoms with Crippen LogP contribution in [0, 0.1) is 6.92 Å². The monoisotopic (exact) mass is 325 g/mol. The highest BCUT2D eigenvalue weighted by Gasteiger charge is 2.11. The number of methoxy groups -OCH3 is 1. The molecule has 0 saturated heterocycles. The molecular formula is C17H19N5O2. The zero-order valence-corrected chi connectivity index (χ0v) is 13.9. The average molecular weight is 325 g/mol. The van der Waals surface area contributed by atoms with Crippen LogP contribution in [0.25, 0.3) is 5.69 Å². The van der Waals surface area contributed by atoms with Crippen LogP contribution in [0.1, 0.15) is 21.7 Å². The SMILES string of the molecule is COc1ccccc1-n1cc(CNC(=O)c2cc(C)n(C)n2)cn1. The molecule has 0 fully saturated rings. The molecule has 2 heterocycles. The molecule has 3 rings (SSSR count). The van der Waals surface area contributed by atoms with E-state index in [4.69, 9.17) is 4.74 Å². The van der Waals surface area contributed by atoms with Crippen molar-refractivity contribution in [1.29, 1.82) is 0 Å². The number of rotatable bonds is 5. The molecule has 0 aliphatic carbocycles. The molecule has 24 heavy (non-hydrogen) atoms. The molecule has 3 aromatic rings. The highest BCUT2D eigenvalue weighted by Crippen LogP contribution is 2.21. The Morgan fingerprint density at radius 3 is 2.83 bits per heavy atom. The number of carbonyl (C=O) groups is 1. The lowest BCUT2D eigenvalue weighted by atomic mass is 10.3. The Labute approximate surface area is 139 Å². The Bertz CT molecular complexity index is 846. The third-order valence-electron chi connectivity index (χ3n) is 3.77. The van der Waals surface area contributed by atoms with Gasteiger partial charge in [0.05, 0.1) is 13.3 Å². The molecule has 0 unspecified atom stereocenters. The number of nitrogens with one attached hydrogen (secondary N) is 1. The lowest BCUT2D eigenvalue weighted by Gasteiger charge is -2.07. The minimum absolute atomic E-state index is 0.205. The molecule has 1 N–H and O–H groups in total. The normalized spacial score (nSPS) is 10.6. The van der Waals surface area contributed by atoms with Crippen LogP contribution in [0.2, 0.25) is 0 Å². The van der Waals surface area contributed by atoms with Crippen LogP contribution in [-0.4, -0.2) is 32.6 Å². The van der Waals surface area contributed by atoms with E-state index in [0.29, 0.717) is 12.2 Å². The molecule has 0 saturated carbocycles. The fraction of sp³-hybridized carbons (Fsp3) is 0.235. The maximum atomic E-state index is 12.1. The quantitative estimate of drug-likeness (QED) is 0.777. The van der Waals surface area contributed by atoms with Crippen molar-refractivity contribution in [3.8, 4) is 11.4 Å². The summed E-state index contributed by atoms with van der Waals surface area (Å²) < 4.78 is 8.74. The third-order valence-corrected chi connectivity index (χ3v) is 3.77. The lowest BCUT2D eigenvalue weighted by molar-refractivity contribution is 0.0945. The summed E-state index contributed by atoms with van der Waals surface area (Å²) in [7, 11) is 3.43. The lowest BCUT2D eigenvalue weighted by Crippen LogP contribution is -2.23. The Morgan fingerprint density at radius 1 is 1.33 bits per heavy atom. The summed E-state index contributed by atoms with van der Waals surface area (Å²) in [6.45, 7) is 2.28. The Morgan fingerprint density at radius 2 is 2.12 bits per heavy atom. The number of carbonyl (C=O) groups excluding carboxylic acids is 1. The molecule has 2 aromatic heterocycles. The number of hydrogen-bond donors (Lipinski definition) is 1. The molecule has 0 aliphatic rings. The molecule has 0 atom stereocenters. The minimum Gasteiger partial charge on any atom is -0.494 e. The number of aromatic nitrogens is 4. The van der Waals surface area contributed by atoms with Gasteiger partial charge in [0.25, 0.3) is 5.91 Å². The zero-order valence-electron chi connectivity index (χ0n) is 13.9. The molecule has 0 aliphatic heterocycles. The van der Waals surface area contributed by atoms with E-state index in [1.165, 1.54) is 0 Å². The van der Waals surface area contributed by atoms with E-state index in [1.807, 2.05) is 44.4 Å². The fourth-order valence-corrected chi connectivity index (χ4v) is 2.35. The zero-order chi connectivity index (χ0) is 17.1. The van der Waals surface area contributed by atoms with Crippen molar-refractivity contribution in [2.75, 3.05) is 7.11 Å². The third kappa shape index (κ3) is 3.15. The van der Waals surface area contributed by atoms with Gasteiger partial charge in [-0.05, 0) is 25.1 Å². The van der Waals surface area contributed by atoms with Crippen molar-refractivity contribution in [2.45, 2.75) is 13.5 Å². The van der Waals surface area contributed by atoms with Crippen molar-refractivity contribution in [1.82, 2.24) is 24.9 Å². The Balaban J connectivity index is 1.69. The molecule has 124 valence electrons. The van der Waals surface area contributed by atoms with Gasteiger partial charge in [0.1, 0.15) is 17.1 Å². The summed E-state index contributed by atoms with van der Waals surface area (Å²) in [5, 5.41) is 11.3. The Kier molecular flexibility index (Phi) is 4.33. The molecule has 7 heteroatoms. The summed E-state index contributed by atoms with van der Waals surface area (Å²) in [4.78, 5) is 12.1. The van der Waals surface area contributed by atoms with E-state index in [0.717, 1.165) is 22.7 Å². The average Bonchev–Trinajstić information content (AvgIpc) is 3.20. The Hall–Kier alpha value is -3.09. The summed E-state index contributed by atoms with van der Waals surface area (Å²) in [5.41, 5.74) is 3.08. The molecule has 0 bridgehead atoms. The van der Waals surface area contributed by atoms with Gasteiger partial charge in [-0.15, -0.1) is 0 Å². The van der Waals surface area contributed by atoms with Crippen LogP contribution >= 0.6 is 0 Å². The predicted octanol–water partition coefficient (Wildman–Crippen LogP) is 1.85. The largest absolute Gasteiger partial charge is 0.494 e. The smallest absolute Gasteiger partial charge is 0.272 e. The van der Waals surface area contributed by atoms with Crippen LogP contribution in [0.4, 0.5) is 0 Å². The van der Waals surface area contributed by atoms with Crippen molar-refractivity contribution < 1.29 is 9.53 Å². The van der Waals surface area contributed by atoms with Gasteiger partial charge in [-0.3, -0.25) is 9.48 Å². The predicted molar refractivity (Wildman–Crippen MR) is 89.2 cm³/mol. The molecular weight excluding hydrogens is 306 g/mol. The van der Waals surface area contributed by atoms with Gasteiger partial charge in [0, 0.05) is 31.0 Å². The summed E-state index contributed by atoms with van der Waals surface area (Å²) in [6, 6.07) is 9.38. The number of ether oxygens (including phenoxy) is 1. The molecule has 1 aromatic carbocycles. The minimum atomic E-state index is -0.205. The number of para-hydroxylation sites is 2. The molecule has 0 spiro atoms. The first-order valence-corrected chi connectivity index (χ1v) is 7.54.